The molecule has 1 saturated carbocycles. The maximum Gasteiger partial charge on any atom is 0.190 e. The van der Waals surface area contributed by atoms with Crippen molar-refractivity contribution in [3.8, 4) is 0 Å². The summed E-state index contributed by atoms with van der Waals surface area (Å²) in [4.78, 5) is 0. The molecule has 3 rings (SSSR count). The van der Waals surface area contributed by atoms with Crippen LogP contribution >= 0.6 is 0 Å². The van der Waals surface area contributed by atoms with Crippen LogP contribution in [0.3, 0.4) is 0 Å². The zero-order chi connectivity index (χ0) is 10.5. The Bertz CT molecular complexity index is 250. The molecule has 5 heteroatoms. The van der Waals surface area contributed by atoms with Crippen LogP contribution in [0.15, 0.2) is 0 Å². The summed E-state index contributed by atoms with van der Waals surface area (Å²) in [6, 6.07) is 0. The second-order valence-electron chi connectivity index (χ2n) is 4.53. The van der Waals surface area contributed by atoms with Crippen LogP contribution in [0.2, 0.25) is 0 Å². The first kappa shape index (κ1) is 9.99. The van der Waals surface area contributed by atoms with Crippen molar-refractivity contribution in [2.75, 3.05) is 6.61 Å². The highest BCUT2D eigenvalue weighted by atomic mass is 16.8. The molecular formula is C10H16O5. The van der Waals surface area contributed by atoms with Gasteiger partial charge in [-0.2, -0.15) is 0 Å². The summed E-state index contributed by atoms with van der Waals surface area (Å²) >= 11 is 0. The highest BCUT2D eigenvalue weighted by molar-refractivity contribution is 4.96. The van der Waals surface area contributed by atoms with Gasteiger partial charge in [-0.3, -0.25) is 0 Å². The van der Waals surface area contributed by atoms with Gasteiger partial charge in [0.15, 0.2) is 12.1 Å². The topological polar surface area (TPSA) is 68.2 Å². The predicted molar refractivity (Wildman–Crippen MR) is 48.9 cm³/mol. The van der Waals surface area contributed by atoms with E-state index in [0.29, 0.717) is 0 Å². The molecular weight excluding hydrogens is 200 g/mol. The summed E-state index contributed by atoms with van der Waals surface area (Å²) in [5.41, 5.74) is 0. The van der Waals surface area contributed by atoms with E-state index in [4.69, 9.17) is 19.3 Å². The summed E-state index contributed by atoms with van der Waals surface area (Å²) in [5, 5.41) is 18.8. The summed E-state index contributed by atoms with van der Waals surface area (Å²) in [6.07, 6.45) is 1.66. The van der Waals surface area contributed by atoms with E-state index < -0.39 is 30.4 Å². The molecule has 2 N–H and O–H groups in total. The smallest absolute Gasteiger partial charge is 0.190 e. The fourth-order valence-corrected chi connectivity index (χ4v) is 2.71. The van der Waals surface area contributed by atoms with Crippen molar-refractivity contribution in [2.24, 2.45) is 0 Å². The zero-order valence-corrected chi connectivity index (χ0v) is 8.46. The number of aliphatic hydroxyl groups excluding tert-OH is 2. The molecule has 2 heterocycles. The summed E-state index contributed by atoms with van der Waals surface area (Å²) < 4.78 is 16.9. The van der Waals surface area contributed by atoms with Crippen molar-refractivity contribution in [1.82, 2.24) is 0 Å². The molecule has 4 atom stereocenters. The third-order valence-electron chi connectivity index (χ3n) is 3.52. The van der Waals surface area contributed by atoms with Gasteiger partial charge in [-0.05, 0) is 12.8 Å². The number of ether oxygens (including phenoxy) is 3. The van der Waals surface area contributed by atoms with E-state index in [9.17, 15) is 5.11 Å². The van der Waals surface area contributed by atoms with Crippen molar-refractivity contribution in [2.45, 2.75) is 56.1 Å². The van der Waals surface area contributed by atoms with Crippen molar-refractivity contribution in [1.29, 1.82) is 0 Å². The average Bonchev–Trinajstić information content (AvgIpc) is 2.88. The second kappa shape index (κ2) is 3.40. The lowest BCUT2D eigenvalue weighted by molar-refractivity contribution is -0.232. The van der Waals surface area contributed by atoms with E-state index in [0.717, 1.165) is 25.7 Å². The summed E-state index contributed by atoms with van der Waals surface area (Å²) in [5.74, 6) is -0.517. The molecule has 86 valence electrons. The monoisotopic (exact) mass is 216 g/mol. The third-order valence-corrected chi connectivity index (χ3v) is 3.52. The minimum absolute atomic E-state index is 0.201. The van der Waals surface area contributed by atoms with Gasteiger partial charge < -0.3 is 24.4 Å². The van der Waals surface area contributed by atoms with Gasteiger partial charge in [0.25, 0.3) is 0 Å². The van der Waals surface area contributed by atoms with Gasteiger partial charge in [-0.25, -0.2) is 0 Å². The molecule has 2 aliphatic heterocycles. The molecule has 0 amide bonds. The van der Waals surface area contributed by atoms with Crippen LogP contribution in [0.1, 0.15) is 25.7 Å². The van der Waals surface area contributed by atoms with Gasteiger partial charge in [0, 0.05) is 12.8 Å². The highest BCUT2D eigenvalue weighted by Crippen LogP contribution is 2.45. The Morgan fingerprint density at radius 3 is 2.53 bits per heavy atom. The maximum absolute atomic E-state index is 9.81. The Hall–Kier alpha value is -0.200. The second-order valence-corrected chi connectivity index (χ2v) is 4.53. The average molecular weight is 216 g/mol. The molecule has 0 aromatic rings. The third kappa shape index (κ3) is 1.42. The minimum Gasteiger partial charge on any atom is -0.394 e. The largest absolute Gasteiger partial charge is 0.394 e. The molecule has 1 spiro atoms. The molecule has 3 aliphatic rings. The van der Waals surface area contributed by atoms with Crippen molar-refractivity contribution >= 4 is 0 Å². The van der Waals surface area contributed by atoms with E-state index in [1.165, 1.54) is 0 Å². The fraction of sp³-hybridized carbons (Fsp3) is 1.00. The van der Waals surface area contributed by atoms with E-state index in [1.54, 1.807) is 0 Å². The van der Waals surface area contributed by atoms with Crippen LogP contribution < -0.4 is 0 Å². The summed E-state index contributed by atoms with van der Waals surface area (Å²) in [6.45, 7) is -0.201. The van der Waals surface area contributed by atoms with Gasteiger partial charge in [0.1, 0.15) is 18.3 Å². The normalized spacial score (nSPS) is 47.6. The Balaban J connectivity index is 1.73. The lowest BCUT2D eigenvalue weighted by Gasteiger charge is -2.25. The van der Waals surface area contributed by atoms with Crippen LogP contribution in [-0.4, -0.2) is 47.2 Å². The molecule has 1 aliphatic carbocycles. The Morgan fingerprint density at radius 1 is 1.20 bits per heavy atom. The molecule has 0 aromatic heterocycles. The highest BCUT2D eigenvalue weighted by Gasteiger charge is 2.57. The molecule has 15 heavy (non-hydrogen) atoms. The molecule has 2 saturated heterocycles. The van der Waals surface area contributed by atoms with Crippen LogP contribution in [0, 0.1) is 0 Å². The number of rotatable bonds is 1. The Morgan fingerprint density at radius 2 is 1.93 bits per heavy atom. The summed E-state index contributed by atoms with van der Waals surface area (Å²) in [7, 11) is 0. The lowest BCUT2D eigenvalue weighted by atomic mass is 10.1. The first-order valence-electron chi connectivity index (χ1n) is 5.54. The zero-order valence-electron chi connectivity index (χ0n) is 8.46. The van der Waals surface area contributed by atoms with E-state index in [-0.39, 0.29) is 6.61 Å². The molecule has 3 fully saturated rings. The number of fused-ring (bicyclic) bond motifs is 1. The molecule has 0 radical (unpaired) electrons. The van der Waals surface area contributed by atoms with Gasteiger partial charge in [-0.15, -0.1) is 0 Å². The SMILES string of the molecule is OCC1OC2OC3(CCCC3)OC2C1O. The van der Waals surface area contributed by atoms with Crippen LogP contribution in [-0.2, 0) is 14.2 Å². The van der Waals surface area contributed by atoms with Crippen molar-refractivity contribution in [3.05, 3.63) is 0 Å². The van der Waals surface area contributed by atoms with Crippen molar-refractivity contribution in [3.63, 3.8) is 0 Å². The molecule has 5 nitrogen and oxygen atoms in total. The van der Waals surface area contributed by atoms with Crippen LogP contribution in [0.4, 0.5) is 0 Å². The van der Waals surface area contributed by atoms with E-state index >= 15 is 0 Å². The molecule has 0 bridgehead atoms. The fourth-order valence-electron chi connectivity index (χ4n) is 2.71. The van der Waals surface area contributed by atoms with Gasteiger partial charge in [-0.1, -0.05) is 0 Å². The standard InChI is InChI=1S/C10H16O5/c11-5-6-7(12)8-9(13-6)15-10(14-8)3-1-2-4-10/h6-9,11-12H,1-5H2. The Labute approximate surface area is 87.9 Å². The van der Waals surface area contributed by atoms with Crippen molar-refractivity contribution < 1.29 is 24.4 Å². The van der Waals surface area contributed by atoms with Crippen LogP contribution in [0.25, 0.3) is 0 Å². The maximum atomic E-state index is 9.81. The van der Waals surface area contributed by atoms with E-state index in [1.807, 2.05) is 0 Å². The van der Waals surface area contributed by atoms with Gasteiger partial charge in [0.05, 0.1) is 6.61 Å². The quantitative estimate of drug-likeness (QED) is 0.632. The number of aliphatic hydroxyl groups is 2. The lowest BCUT2D eigenvalue weighted by Crippen LogP contribution is -2.37. The Kier molecular flexibility index (Phi) is 2.26. The molecule has 4 unspecified atom stereocenters. The molecule has 0 aromatic carbocycles. The number of hydrogen-bond acceptors (Lipinski definition) is 5. The minimum atomic E-state index is -0.778. The van der Waals surface area contributed by atoms with Gasteiger partial charge in [0.2, 0.25) is 0 Å². The first-order chi connectivity index (χ1) is 7.24. The number of hydrogen-bond donors (Lipinski definition) is 2. The van der Waals surface area contributed by atoms with Gasteiger partial charge >= 0.3 is 0 Å². The first-order valence-corrected chi connectivity index (χ1v) is 5.54. The van der Waals surface area contributed by atoms with E-state index in [2.05, 4.69) is 0 Å². The van der Waals surface area contributed by atoms with Crippen LogP contribution in [0.5, 0.6) is 0 Å². The predicted octanol–water partition coefficient (Wildman–Crippen LogP) is -0.250.